The van der Waals surface area contributed by atoms with E-state index in [0.717, 1.165) is 27.4 Å². The van der Waals surface area contributed by atoms with Crippen LogP contribution in [0.5, 0.6) is 0 Å². The average molecular weight is 355 g/mol. The molecule has 0 saturated carbocycles. The molecule has 1 aromatic heterocycles. The van der Waals surface area contributed by atoms with Gasteiger partial charge in [0.1, 0.15) is 4.88 Å². The lowest BCUT2D eigenvalue weighted by atomic mass is 10.0. The predicted octanol–water partition coefficient (Wildman–Crippen LogP) is 4.41. The van der Waals surface area contributed by atoms with Gasteiger partial charge in [-0.1, -0.05) is 48.7 Å². The van der Waals surface area contributed by atoms with Gasteiger partial charge in [-0.2, -0.15) is 0 Å². The maximum atomic E-state index is 12.3. The van der Waals surface area contributed by atoms with E-state index in [4.69, 9.17) is 5.73 Å². The van der Waals surface area contributed by atoms with Crippen molar-refractivity contribution in [2.24, 2.45) is 5.92 Å². The number of carbonyl (C=O) groups excluding carboxylic acids is 1. The molecule has 1 amide bonds. The fraction of sp³-hybridized carbons (Fsp3) is 0.400. The quantitative estimate of drug-likeness (QED) is 0.835. The van der Waals surface area contributed by atoms with Crippen molar-refractivity contribution in [3.05, 3.63) is 27.5 Å². The first-order valence-electron chi connectivity index (χ1n) is 6.83. The van der Waals surface area contributed by atoms with Gasteiger partial charge in [0.2, 0.25) is 0 Å². The molecule has 0 bridgehead atoms. The second kappa shape index (κ2) is 6.59. The van der Waals surface area contributed by atoms with Gasteiger partial charge in [0.25, 0.3) is 5.91 Å². The largest absolute Gasteiger partial charge is 0.397 e. The molecule has 2 rings (SSSR count). The van der Waals surface area contributed by atoms with Crippen LogP contribution >= 0.6 is 27.3 Å². The summed E-state index contributed by atoms with van der Waals surface area (Å²) in [5.41, 5.74) is 6.70. The Morgan fingerprint density at radius 2 is 2.10 bits per heavy atom. The van der Waals surface area contributed by atoms with Crippen LogP contribution in [0.25, 0.3) is 10.1 Å². The molecule has 0 fully saturated rings. The Balaban J connectivity index is 2.23. The van der Waals surface area contributed by atoms with Gasteiger partial charge in [0.05, 0.1) is 5.69 Å². The molecule has 0 aliphatic rings. The minimum Gasteiger partial charge on any atom is -0.397 e. The molecule has 20 heavy (non-hydrogen) atoms. The standard InChI is InChI=1S/C15H19BrN2OS/c1-3-9(4-2)8-18-15(19)14-13(17)12-10(16)6-5-7-11(12)20-14/h5-7,9H,3-4,8,17H2,1-2H3,(H,18,19). The van der Waals surface area contributed by atoms with Crippen molar-refractivity contribution in [2.75, 3.05) is 12.3 Å². The summed E-state index contributed by atoms with van der Waals surface area (Å²) in [6.45, 7) is 5.00. The van der Waals surface area contributed by atoms with E-state index in [0.29, 0.717) is 23.0 Å². The molecule has 0 atom stereocenters. The molecular weight excluding hydrogens is 336 g/mol. The van der Waals surface area contributed by atoms with E-state index in [1.807, 2.05) is 18.2 Å². The van der Waals surface area contributed by atoms with Crippen LogP contribution in [-0.2, 0) is 0 Å². The number of hydrogen-bond acceptors (Lipinski definition) is 3. The third-order valence-electron chi connectivity index (χ3n) is 3.61. The van der Waals surface area contributed by atoms with Crippen LogP contribution in [0.1, 0.15) is 36.4 Å². The number of benzene rings is 1. The molecule has 3 nitrogen and oxygen atoms in total. The van der Waals surface area contributed by atoms with Crippen molar-refractivity contribution < 1.29 is 4.79 Å². The lowest BCUT2D eigenvalue weighted by Crippen LogP contribution is -2.28. The van der Waals surface area contributed by atoms with Gasteiger partial charge < -0.3 is 11.1 Å². The number of carbonyl (C=O) groups is 1. The summed E-state index contributed by atoms with van der Waals surface area (Å²) in [6.07, 6.45) is 2.15. The highest BCUT2D eigenvalue weighted by Crippen LogP contribution is 2.38. The van der Waals surface area contributed by atoms with Crippen molar-refractivity contribution in [2.45, 2.75) is 26.7 Å². The van der Waals surface area contributed by atoms with Gasteiger partial charge in [-0.15, -0.1) is 11.3 Å². The van der Waals surface area contributed by atoms with Crippen LogP contribution < -0.4 is 11.1 Å². The molecule has 0 spiro atoms. The van der Waals surface area contributed by atoms with E-state index < -0.39 is 0 Å². The maximum Gasteiger partial charge on any atom is 0.263 e. The lowest BCUT2D eigenvalue weighted by Gasteiger charge is -2.12. The van der Waals surface area contributed by atoms with Crippen molar-refractivity contribution in [1.82, 2.24) is 5.32 Å². The van der Waals surface area contributed by atoms with Gasteiger partial charge in [0.15, 0.2) is 0 Å². The van der Waals surface area contributed by atoms with E-state index >= 15 is 0 Å². The van der Waals surface area contributed by atoms with Crippen LogP contribution in [0.15, 0.2) is 22.7 Å². The Morgan fingerprint density at radius 1 is 1.40 bits per heavy atom. The molecular formula is C15H19BrN2OS. The zero-order valence-electron chi connectivity index (χ0n) is 11.7. The summed E-state index contributed by atoms with van der Waals surface area (Å²) in [5.74, 6) is 0.462. The minimum absolute atomic E-state index is 0.0671. The van der Waals surface area contributed by atoms with Crippen LogP contribution in [0.3, 0.4) is 0 Å². The second-order valence-electron chi connectivity index (χ2n) is 4.85. The van der Waals surface area contributed by atoms with Crippen molar-refractivity contribution in [3.63, 3.8) is 0 Å². The van der Waals surface area contributed by atoms with Gasteiger partial charge in [-0.05, 0) is 18.1 Å². The summed E-state index contributed by atoms with van der Waals surface area (Å²) >= 11 is 4.94. The first-order valence-corrected chi connectivity index (χ1v) is 8.44. The van der Waals surface area contributed by atoms with Crippen LogP contribution in [0, 0.1) is 5.92 Å². The smallest absolute Gasteiger partial charge is 0.263 e. The summed E-state index contributed by atoms with van der Waals surface area (Å²) < 4.78 is 1.97. The van der Waals surface area contributed by atoms with E-state index in [1.165, 1.54) is 11.3 Å². The highest BCUT2D eigenvalue weighted by molar-refractivity contribution is 9.10. The number of nitrogen functional groups attached to an aromatic ring is 1. The number of nitrogens with one attached hydrogen (secondary N) is 1. The van der Waals surface area contributed by atoms with Crippen molar-refractivity contribution >= 4 is 48.9 Å². The molecule has 0 unspecified atom stereocenters. The summed E-state index contributed by atoms with van der Waals surface area (Å²) in [7, 11) is 0. The molecule has 0 radical (unpaired) electrons. The SMILES string of the molecule is CCC(CC)CNC(=O)c1sc2cccc(Br)c2c1N. The Kier molecular flexibility index (Phi) is 5.05. The lowest BCUT2D eigenvalue weighted by molar-refractivity contribution is 0.0951. The van der Waals surface area contributed by atoms with E-state index in [2.05, 4.69) is 35.1 Å². The zero-order valence-corrected chi connectivity index (χ0v) is 14.1. The van der Waals surface area contributed by atoms with E-state index in [1.54, 1.807) is 0 Å². The van der Waals surface area contributed by atoms with Gasteiger partial charge >= 0.3 is 0 Å². The number of hydrogen-bond donors (Lipinski definition) is 2. The summed E-state index contributed by atoms with van der Waals surface area (Å²) in [4.78, 5) is 12.9. The van der Waals surface area contributed by atoms with Crippen molar-refractivity contribution in [3.8, 4) is 0 Å². The summed E-state index contributed by atoms with van der Waals surface area (Å²) in [6, 6.07) is 5.88. The maximum absolute atomic E-state index is 12.3. The molecule has 1 aromatic carbocycles. The topological polar surface area (TPSA) is 55.1 Å². The van der Waals surface area contributed by atoms with E-state index in [-0.39, 0.29) is 5.91 Å². The highest BCUT2D eigenvalue weighted by atomic mass is 79.9. The summed E-state index contributed by atoms with van der Waals surface area (Å²) in [5, 5.41) is 3.93. The van der Waals surface area contributed by atoms with E-state index in [9.17, 15) is 4.79 Å². The number of anilines is 1. The Labute approximate surface area is 131 Å². The molecule has 108 valence electrons. The number of fused-ring (bicyclic) bond motifs is 1. The zero-order chi connectivity index (χ0) is 14.7. The van der Waals surface area contributed by atoms with Crippen LogP contribution in [-0.4, -0.2) is 12.5 Å². The fourth-order valence-corrected chi connectivity index (χ4v) is 3.97. The number of rotatable bonds is 5. The predicted molar refractivity (Wildman–Crippen MR) is 90.3 cm³/mol. The molecule has 0 aliphatic carbocycles. The number of halogens is 1. The average Bonchev–Trinajstić information content (AvgIpc) is 2.78. The Bertz CT molecular complexity index is 620. The van der Waals surface area contributed by atoms with Gasteiger partial charge in [-0.3, -0.25) is 4.79 Å². The molecule has 5 heteroatoms. The second-order valence-corrected chi connectivity index (χ2v) is 6.76. The van der Waals surface area contributed by atoms with Gasteiger partial charge in [0, 0.05) is 21.1 Å². The Morgan fingerprint density at radius 3 is 2.70 bits per heavy atom. The molecule has 1 heterocycles. The first kappa shape index (κ1) is 15.3. The third kappa shape index (κ3) is 2.99. The Hall–Kier alpha value is -1.07. The normalized spacial score (nSPS) is 11.2. The number of nitrogens with two attached hydrogens (primary N) is 1. The molecule has 0 saturated heterocycles. The molecule has 2 aromatic rings. The number of amides is 1. The van der Waals surface area contributed by atoms with Gasteiger partial charge in [-0.25, -0.2) is 0 Å². The highest BCUT2D eigenvalue weighted by Gasteiger charge is 2.18. The monoisotopic (exact) mass is 354 g/mol. The number of thiophene rings is 1. The third-order valence-corrected chi connectivity index (χ3v) is 5.44. The first-order chi connectivity index (χ1) is 9.58. The van der Waals surface area contributed by atoms with Crippen LogP contribution in [0.2, 0.25) is 0 Å². The minimum atomic E-state index is -0.0671. The fourth-order valence-electron chi connectivity index (χ4n) is 2.19. The van der Waals surface area contributed by atoms with Crippen LogP contribution in [0.4, 0.5) is 5.69 Å². The van der Waals surface area contributed by atoms with Crippen molar-refractivity contribution in [1.29, 1.82) is 0 Å². The molecule has 0 aliphatic heterocycles. The molecule has 3 N–H and O–H groups in total.